The number of hydrogen-bond donors (Lipinski definition) is 1. The van der Waals surface area contributed by atoms with Crippen LogP contribution in [0, 0.1) is 5.41 Å². The van der Waals surface area contributed by atoms with E-state index < -0.39 is 0 Å². The van der Waals surface area contributed by atoms with Gasteiger partial charge in [0.25, 0.3) is 0 Å². The van der Waals surface area contributed by atoms with Gasteiger partial charge in [-0.1, -0.05) is 27.7 Å². The van der Waals surface area contributed by atoms with Crippen molar-refractivity contribution in [2.24, 2.45) is 11.1 Å². The first-order valence-electron chi connectivity index (χ1n) is 5.98. The summed E-state index contributed by atoms with van der Waals surface area (Å²) in [4.78, 5) is 14.1. The van der Waals surface area contributed by atoms with E-state index in [0.29, 0.717) is 26.2 Å². The summed E-state index contributed by atoms with van der Waals surface area (Å²) in [5.74, 6) is 0.182. The quantitative estimate of drug-likeness (QED) is 0.767. The van der Waals surface area contributed by atoms with Crippen molar-refractivity contribution in [2.75, 3.05) is 26.2 Å². The lowest BCUT2D eigenvalue weighted by molar-refractivity contribution is -0.157. The summed E-state index contributed by atoms with van der Waals surface area (Å²) in [7, 11) is 0. The van der Waals surface area contributed by atoms with Gasteiger partial charge in [-0.2, -0.15) is 0 Å². The molecule has 1 heterocycles. The monoisotopic (exact) mass is 228 g/mol. The molecule has 0 aliphatic carbocycles. The first-order valence-corrected chi connectivity index (χ1v) is 5.98. The Hall–Kier alpha value is -0.610. The van der Waals surface area contributed by atoms with Crippen molar-refractivity contribution in [3.8, 4) is 0 Å². The smallest absolute Gasteiger partial charge is 0.228 e. The molecule has 1 atom stereocenters. The Morgan fingerprint density at radius 2 is 2.12 bits per heavy atom. The molecule has 4 nitrogen and oxygen atoms in total. The van der Waals surface area contributed by atoms with Crippen molar-refractivity contribution in [3.63, 3.8) is 0 Å². The minimum Gasteiger partial charge on any atom is -0.370 e. The molecule has 1 saturated heterocycles. The highest BCUT2D eigenvalue weighted by molar-refractivity contribution is 5.81. The number of amides is 1. The lowest BCUT2D eigenvalue weighted by Crippen LogP contribution is -2.58. The van der Waals surface area contributed by atoms with Crippen molar-refractivity contribution in [2.45, 2.75) is 39.7 Å². The first-order chi connectivity index (χ1) is 7.34. The first kappa shape index (κ1) is 13.5. The third kappa shape index (κ3) is 2.74. The molecule has 2 N–H and O–H groups in total. The summed E-state index contributed by atoms with van der Waals surface area (Å²) in [6, 6.07) is 0. The molecule has 1 aliphatic heterocycles. The molecular formula is C12H24N2O2. The maximum atomic E-state index is 12.2. The van der Waals surface area contributed by atoms with Gasteiger partial charge in [-0.05, 0) is 6.42 Å². The number of ether oxygens (including phenoxy) is 1. The second kappa shape index (κ2) is 4.72. The molecule has 0 radical (unpaired) electrons. The predicted octanol–water partition coefficient (Wildman–Crippen LogP) is 0.999. The van der Waals surface area contributed by atoms with E-state index in [0.717, 1.165) is 6.42 Å². The van der Waals surface area contributed by atoms with E-state index in [2.05, 4.69) is 6.92 Å². The normalized spacial score (nSPS) is 26.9. The van der Waals surface area contributed by atoms with E-state index in [1.165, 1.54) is 0 Å². The van der Waals surface area contributed by atoms with E-state index >= 15 is 0 Å². The molecule has 0 aromatic carbocycles. The van der Waals surface area contributed by atoms with Gasteiger partial charge in [0, 0.05) is 18.5 Å². The summed E-state index contributed by atoms with van der Waals surface area (Å²) in [6.07, 6.45) is 0.845. The zero-order chi connectivity index (χ0) is 12.4. The third-order valence-corrected chi connectivity index (χ3v) is 3.19. The molecule has 4 heteroatoms. The van der Waals surface area contributed by atoms with Crippen molar-refractivity contribution < 1.29 is 9.53 Å². The molecule has 1 rings (SSSR count). The van der Waals surface area contributed by atoms with Crippen LogP contribution in [0.25, 0.3) is 0 Å². The van der Waals surface area contributed by atoms with E-state index in [1.54, 1.807) is 0 Å². The number of carbonyl (C=O) groups excluding carboxylic acids is 1. The van der Waals surface area contributed by atoms with Gasteiger partial charge >= 0.3 is 0 Å². The highest BCUT2D eigenvalue weighted by Crippen LogP contribution is 2.25. The number of nitrogens with zero attached hydrogens (tertiary/aromatic N) is 1. The van der Waals surface area contributed by atoms with Gasteiger partial charge in [0.05, 0.1) is 18.8 Å². The summed E-state index contributed by atoms with van der Waals surface area (Å²) in [5.41, 5.74) is 5.10. The van der Waals surface area contributed by atoms with Crippen molar-refractivity contribution in [1.29, 1.82) is 0 Å². The largest absolute Gasteiger partial charge is 0.370 e. The highest BCUT2D eigenvalue weighted by atomic mass is 16.5. The zero-order valence-electron chi connectivity index (χ0n) is 10.9. The maximum absolute atomic E-state index is 12.2. The molecule has 1 fully saturated rings. The van der Waals surface area contributed by atoms with Gasteiger partial charge in [0.15, 0.2) is 0 Å². The van der Waals surface area contributed by atoms with Crippen molar-refractivity contribution in [1.82, 2.24) is 4.90 Å². The van der Waals surface area contributed by atoms with Gasteiger partial charge in [-0.25, -0.2) is 0 Å². The fourth-order valence-electron chi connectivity index (χ4n) is 1.97. The van der Waals surface area contributed by atoms with Gasteiger partial charge in [-0.15, -0.1) is 0 Å². The van der Waals surface area contributed by atoms with Crippen molar-refractivity contribution in [3.05, 3.63) is 0 Å². The average Bonchev–Trinajstić information content (AvgIpc) is 2.27. The van der Waals surface area contributed by atoms with E-state index in [1.807, 2.05) is 25.7 Å². The predicted molar refractivity (Wildman–Crippen MR) is 64.1 cm³/mol. The van der Waals surface area contributed by atoms with E-state index in [-0.39, 0.29) is 16.9 Å². The molecule has 1 amide bonds. The van der Waals surface area contributed by atoms with Gasteiger partial charge < -0.3 is 15.4 Å². The van der Waals surface area contributed by atoms with Gasteiger partial charge in [0.2, 0.25) is 5.91 Å². The maximum Gasteiger partial charge on any atom is 0.228 e. The third-order valence-electron chi connectivity index (χ3n) is 3.19. The molecule has 0 aromatic rings. The Kier molecular flexibility index (Phi) is 3.97. The minimum atomic E-state index is -0.334. The zero-order valence-corrected chi connectivity index (χ0v) is 10.9. The van der Waals surface area contributed by atoms with E-state index in [9.17, 15) is 4.79 Å². The molecule has 0 bridgehead atoms. The molecule has 0 saturated carbocycles. The summed E-state index contributed by atoms with van der Waals surface area (Å²) in [6.45, 7) is 10.2. The molecular weight excluding hydrogens is 204 g/mol. The fraction of sp³-hybridized carbons (Fsp3) is 0.917. The number of carbonyl (C=O) groups is 1. The SMILES string of the molecule is CCC1(CN)CN(C(=O)C(C)(C)C)CCO1. The van der Waals surface area contributed by atoms with Crippen molar-refractivity contribution >= 4 is 5.91 Å². The summed E-state index contributed by atoms with van der Waals surface area (Å²) >= 11 is 0. The second-order valence-corrected chi connectivity index (χ2v) is 5.57. The summed E-state index contributed by atoms with van der Waals surface area (Å²) in [5, 5.41) is 0. The number of rotatable bonds is 2. The minimum absolute atomic E-state index is 0.182. The Labute approximate surface area is 98.1 Å². The molecule has 0 spiro atoms. The van der Waals surface area contributed by atoms with E-state index in [4.69, 9.17) is 10.5 Å². The van der Waals surface area contributed by atoms with Gasteiger partial charge in [0.1, 0.15) is 0 Å². The van der Waals surface area contributed by atoms with Crippen LogP contribution in [0.15, 0.2) is 0 Å². The van der Waals surface area contributed by atoms with Crippen LogP contribution in [0.3, 0.4) is 0 Å². The molecule has 0 aromatic heterocycles. The van der Waals surface area contributed by atoms with Crippen LogP contribution >= 0.6 is 0 Å². The summed E-state index contributed by atoms with van der Waals surface area (Å²) < 4.78 is 5.74. The molecule has 16 heavy (non-hydrogen) atoms. The van der Waals surface area contributed by atoms with Gasteiger partial charge in [-0.3, -0.25) is 4.79 Å². The molecule has 1 aliphatic rings. The number of hydrogen-bond acceptors (Lipinski definition) is 3. The van der Waals surface area contributed by atoms with Crippen LogP contribution < -0.4 is 5.73 Å². The second-order valence-electron chi connectivity index (χ2n) is 5.57. The Morgan fingerprint density at radius 1 is 1.50 bits per heavy atom. The Balaban J connectivity index is 2.74. The Bertz CT molecular complexity index is 254. The van der Waals surface area contributed by atoms with Crippen LogP contribution in [0.2, 0.25) is 0 Å². The lowest BCUT2D eigenvalue weighted by atomic mass is 9.92. The fourth-order valence-corrected chi connectivity index (χ4v) is 1.97. The Morgan fingerprint density at radius 3 is 2.56 bits per heavy atom. The molecule has 94 valence electrons. The highest BCUT2D eigenvalue weighted by Gasteiger charge is 2.38. The van der Waals surface area contributed by atoms with Crippen LogP contribution in [-0.4, -0.2) is 42.6 Å². The number of nitrogens with two attached hydrogens (primary N) is 1. The topological polar surface area (TPSA) is 55.6 Å². The van der Waals surface area contributed by atoms with Crippen LogP contribution in [0.4, 0.5) is 0 Å². The van der Waals surface area contributed by atoms with Crippen LogP contribution in [0.1, 0.15) is 34.1 Å². The number of morpholine rings is 1. The van der Waals surface area contributed by atoms with Crippen LogP contribution in [0.5, 0.6) is 0 Å². The van der Waals surface area contributed by atoms with Crippen LogP contribution in [-0.2, 0) is 9.53 Å². The molecule has 1 unspecified atom stereocenters. The average molecular weight is 228 g/mol. The lowest BCUT2D eigenvalue weighted by Gasteiger charge is -2.43. The standard InChI is InChI=1S/C12H24N2O2/c1-5-12(8-13)9-14(6-7-16-12)10(15)11(2,3)4/h5-9,13H2,1-4H3.